The predicted octanol–water partition coefficient (Wildman–Crippen LogP) is 2.94. The fourth-order valence-corrected chi connectivity index (χ4v) is 3.42. The number of nitrogens with one attached hydrogen (secondary N) is 1. The summed E-state index contributed by atoms with van der Waals surface area (Å²) in [6, 6.07) is 5.68. The summed E-state index contributed by atoms with van der Waals surface area (Å²) in [7, 11) is 0. The number of aromatic nitrogens is 3. The summed E-state index contributed by atoms with van der Waals surface area (Å²) < 4.78 is 2.20. The van der Waals surface area contributed by atoms with E-state index in [1.165, 1.54) is 12.8 Å². The average molecular weight is 368 g/mol. The van der Waals surface area contributed by atoms with Gasteiger partial charge in [-0.05, 0) is 43.9 Å². The van der Waals surface area contributed by atoms with Gasteiger partial charge in [-0.3, -0.25) is 9.59 Å². The second-order valence-corrected chi connectivity index (χ2v) is 7.32. The first kappa shape index (κ1) is 19.3. The van der Waals surface area contributed by atoms with E-state index in [4.69, 9.17) is 0 Å². The van der Waals surface area contributed by atoms with Crippen LogP contribution in [0.3, 0.4) is 0 Å². The number of benzene rings is 1. The van der Waals surface area contributed by atoms with Crippen molar-refractivity contribution < 1.29 is 9.59 Å². The Morgan fingerprint density at radius 1 is 1.07 bits per heavy atom. The van der Waals surface area contributed by atoms with Crippen LogP contribution >= 0.6 is 0 Å². The summed E-state index contributed by atoms with van der Waals surface area (Å²) in [6.07, 6.45) is 5.66. The van der Waals surface area contributed by atoms with E-state index in [9.17, 15) is 9.59 Å². The van der Waals surface area contributed by atoms with Crippen molar-refractivity contribution in [1.82, 2.24) is 20.1 Å². The molecule has 1 amide bonds. The van der Waals surface area contributed by atoms with Crippen LogP contribution < -0.4 is 5.32 Å². The zero-order valence-electron chi connectivity index (χ0n) is 16.3. The number of carbonyl (C=O) groups is 2. The average Bonchev–Trinajstić information content (AvgIpc) is 2.88. The van der Waals surface area contributed by atoms with Crippen LogP contribution in [0.15, 0.2) is 18.2 Å². The summed E-state index contributed by atoms with van der Waals surface area (Å²) in [5.41, 5.74) is 2.94. The van der Waals surface area contributed by atoms with Crippen molar-refractivity contribution in [1.29, 1.82) is 0 Å². The molecule has 144 valence electrons. The maximum Gasteiger partial charge on any atom is 0.220 e. The molecule has 6 heteroatoms. The van der Waals surface area contributed by atoms with Crippen LogP contribution in [-0.2, 0) is 24.2 Å². The first-order valence-electron chi connectivity index (χ1n) is 9.82. The van der Waals surface area contributed by atoms with E-state index in [1.54, 1.807) is 0 Å². The molecule has 1 aliphatic heterocycles. The fourth-order valence-electron chi connectivity index (χ4n) is 3.42. The molecule has 27 heavy (non-hydrogen) atoms. The van der Waals surface area contributed by atoms with Gasteiger partial charge in [-0.25, -0.2) is 0 Å². The fraction of sp³-hybridized carbons (Fsp3) is 0.524. The molecule has 1 aromatic heterocycles. The lowest BCUT2D eigenvalue weighted by Gasteiger charge is -2.08. The summed E-state index contributed by atoms with van der Waals surface area (Å²) in [6.45, 7) is 5.50. The molecule has 0 spiro atoms. The third kappa shape index (κ3) is 5.02. The monoisotopic (exact) mass is 368 g/mol. The zero-order valence-corrected chi connectivity index (χ0v) is 16.3. The van der Waals surface area contributed by atoms with Crippen molar-refractivity contribution in [2.45, 2.75) is 65.3 Å². The summed E-state index contributed by atoms with van der Waals surface area (Å²) >= 11 is 0. The Morgan fingerprint density at radius 3 is 2.74 bits per heavy atom. The van der Waals surface area contributed by atoms with Crippen molar-refractivity contribution in [2.24, 2.45) is 0 Å². The molecular formula is C21H28N4O2. The van der Waals surface area contributed by atoms with Gasteiger partial charge in [0, 0.05) is 44.3 Å². The lowest BCUT2D eigenvalue weighted by Crippen LogP contribution is -2.27. The molecule has 0 saturated heterocycles. The van der Waals surface area contributed by atoms with Crippen molar-refractivity contribution in [3.8, 4) is 0 Å². The molecule has 6 nitrogen and oxygen atoms in total. The molecule has 0 radical (unpaired) electrons. The minimum Gasteiger partial charge on any atom is -0.356 e. The Balaban J connectivity index is 1.43. The Morgan fingerprint density at radius 2 is 1.93 bits per heavy atom. The number of rotatable bonds is 7. The highest BCUT2D eigenvalue weighted by Gasteiger charge is 2.15. The van der Waals surface area contributed by atoms with E-state index in [-0.39, 0.29) is 24.5 Å². The summed E-state index contributed by atoms with van der Waals surface area (Å²) in [4.78, 5) is 24.3. The Labute approximate surface area is 160 Å². The van der Waals surface area contributed by atoms with E-state index in [0.717, 1.165) is 42.2 Å². The number of hydrogen-bond donors (Lipinski definition) is 1. The maximum absolute atomic E-state index is 12.3. The van der Waals surface area contributed by atoms with E-state index in [2.05, 4.69) is 20.1 Å². The topological polar surface area (TPSA) is 76.9 Å². The molecule has 3 rings (SSSR count). The van der Waals surface area contributed by atoms with Crippen molar-refractivity contribution in [3.05, 3.63) is 46.5 Å². The molecule has 1 aromatic carbocycles. The Kier molecular flexibility index (Phi) is 6.37. The number of fused-ring (bicyclic) bond motifs is 1. The standard InChI is InChI=1S/C21H28N4O2/c1-15-7-8-17(14-16(15)2)18(26)9-10-21(27)22-12-11-20-24-23-19-6-4-3-5-13-25(19)20/h7-8,14H,3-6,9-13H2,1-2H3,(H,22,27). The van der Waals surface area contributed by atoms with Gasteiger partial charge in [-0.15, -0.1) is 10.2 Å². The van der Waals surface area contributed by atoms with Crippen LogP contribution in [0, 0.1) is 13.8 Å². The van der Waals surface area contributed by atoms with Crippen LogP contribution in [0.5, 0.6) is 0 Å². The van der Waals surface area contributed by atoms with Crippen LogP contribution in [0.25, 0.3) is 0 Å². The number of nitrogens with zero attached hydrogens (tertiary/aromatic N) is 3. The number of carbonyl (C=O) groups excluding carboxylic acids is 2. The minimum absolute atomic E-state index is 0.0102. The first-order valence-corrected chi connectivity index (χ1v) is 9.82. The number of Topliss-reactive ketones (excluding diaryl/α,β-unsaturated/α-hetero) is 1. The van der Waals surface area contributed by atoms with E-state index in [1.807, 2.05) is 32.0 Å². The lowest BCUT2D eigenvalue weighted by molar-refractivity contribution is -0.121. The Hall–Kier alpha value is -2.50. The normalized spacial score (nSPS) is 13.7. The number of ketones is 1. The SMILES string of the molecule is Cc1ccc(C(=O)CCC(=O)NCCc2nnc3n2CCCCC3)cc1C. The molecule has 1 N–H and O–H groups in total. The second kappa shape index (κ2) is 8.93. The van der Waals surface area contributed by atoms with Crippen LogP contribution in [-0.4, -0.2) is 33.0 Å². The number of aryl methyl sites for hydroxylation is 3. The molecule has 1 aliphatic rings. The highest BCUT2D eigenvalue weighted by molar-refractivity contribution is 5.98. The van der Waals surface area contributed by atoms with Crippen LogP contribution in [0.2, 0.25) is 0 Å². The maximum atomic E-state index is 12.3. The molecule has 0 fully saturated rings. The molecule has 2 heterocycles. The smallest absolute Gasteiger partial charge is 0.220 e. The molecular weight excluding hydrogens is 340 g/mol. The van der Waals surface area contributed by atoms with Gasteiger partial charge >= 0.3 is 0 Å². The predicted molar refractivity (Wildman–Crippen MR) is 104 cm³/mol. The first-order chi connectivity index (χ1) is 13.0. The summed E-state index contributed by atoms with van der Waals surface area (Å²) in [5, 5.41) is 11.4. The van der Waals surface area contributed by atoms with Gasteiger partial charge in [0.2, 0.25) is 5.91 Å². The Bertz CT molecular complexity index is 826. The van der Waals surface area contributed by atoms with Crippen molar-refractivity contribution in [3.63, 3.8) is 0 Å². The van der Waals surface area contributed by atoms with E-state index in [0.29, 0.717) is 18.5 Å². The van der Waals surface area contributed by atoms with Gasteiger partial charge in [0.05, 0.1) is 0 Å². The van der Waals surface area contributed by atoms with Gasteiger partial charge in [-0.2, -0.15) is 0 Å². The third-order valence-corrected chi connectivity index (χ3v) is 5.26. The van der Waals surface area contributed by atoms with E-state index < -0.39 is 0 Å². The van der Waals surface area contributed by atoms with Crippen molar-refractivity contribution >= 4 is 11.7 Å². The van der Waals surface area contributed by atoms with Gasteiger partial charge in [0.1, 0.15) is 11.6 Å². The third-order valence-electron chi connectivity index (χ3n) is 5.26. The quantitative estimate of drug-likeness (QED) is 0.762. The molecule has 0 unspecified atom stereocenters. The molecule has 0 atom stereocenters. The van der Waals surface area contributed by atoms with Gasteiger partial charge < -0.3 is 9.88 Å². The van der Waals surface area contributed by atoms with Gasteiger partial charge in [0.15, 0.2) is 5.78 Å². The molecule has 0 saturated carbocycles. The van der Waals surface area contributed by atoms with Crippen LogP contribution in [0.1, 0.15) is 65.2 Å². The van der Waals surface area contributed by atoms with Gasteiger partial charge in [0.25, 0.3) is 0 Å². The second-order valence-electron chi connectivity index (χ2n) is 7.32. The lowest BCUT2D eigenvalue weighted by atomic mass is 10.0. The molecule has 0 aliphatic carbocycles. The largest absolute Gasteiger partial charge is 0.356 e. The highest BCUT2D eigenvalue weighted by atomic mass is 16.2. The number of amides is 1. The molecule has 0 bridgehead atoms. The van der Waals surface area contributed by atoms with Crippen LogP contribution in [0.4, 0.5) is 0 Å². The highest BCUT2D eigenvalue weighted by Crippen LogP contribution is 2.15. The van der Waals surface area contributed by atoms with Crippen molar-refractivity contribution in [2.75, 3.05) is 6.54 Å². The minimum atomic E-state index is -0.0946. The van der Waals surface area contributed by atoms with Gasteiger partial charge in [-0.1, -0.05) is 18.6 Å². The summed E-state index contributed by atoms with van der Waals surface area (Å²) in [5.74, 6) is 1.92. The molecule has 2 aromatic rings. The van der Waals surface area contributed by atoms with E-state index >= 15 is 0 Å². The zero-order chi connectivity index (χ0) is 19.2. The number of hydrogen-bond acceptors (Lipinski definition) is 4.